The Morgan fingerprint density at radius 3 is 2.32 bits per heavy atom. The minimum Gasteiger partial charge on any atom is -0.489 e. The third-order valence-corrected chi connectivity index (χ3v) is 6.46. The first-order chi connectivity index (χ1) is 13.4. The smallest absolute Gasteiger partial charge is 0.268 e. The first-order valence-corrected chi connectivity index (χ1v) is 10.5. The van der Waals surface area contributed by atoms with Crippen LogP contribution < -0.4 is 4.74 Å². The van der Waals surface area contributed by atoms with Gasteiger partial charge in [-0.15, -0.1) is 0 Å². The lowest BCUT2D eigenvalue weighted by atomic mass is 10.2. The van der Waals surface area contributed by atoms with Gasteiger partial charge in [-0.1, -0.05) is 48.0 Å². The van der Waals surface area contributed by atoms with Crippen LogP contribution in [0.25, 0.3) is 10.9 Å². The molecule has 0 aliphatic rings. The van der Waals surface area contributed by atoms with E-state index in [1.165, 1.54) is 3.97 Å². The Morgan fingerprint density at radius 1 is 0.893 bits per heavy atom. The van der Waals surface area contributed by atoms with Crippen LogP contribution in [0.4, 0.5) is 0 Å². The van der Waals surface area contributed by atoms with Crippen molar-refractivity contribution >= 4 is 20.9 Å². The number of hydrogen-bond donors (Lipinski definition) is 0. The number of nitrogens with zero attached hydrogens (tertiary/aromatic N) is 1. The first kappa shape index (κ1) is 18.3. The summed E-state index contributed by atoms with van der Waals surface area (Å²) in [5.41, 5.74) is 3.63. The molecule has 0 atom stereocenters. The standard InChI is InChI=1S/C23H21NO3S/c1-17-8-11-21(12-9-17)28(25,26)24-15-18(2)22-14-20(10-13-23(22)24)27-16-19-6-4-3-5-7-19/h3-15H,16H2,1-2H3. The summed E-state index contributed by atoms with van der Waals surface area (Å²) >= 11 is 0. The zero-order valence-corrected chi connectivity index (χ0v) is 16.6. The molecular formula is C23H21NO3S. The Kier molecular flexibility index (Phi) is 4.69. The monoisotopic (exact) mass is 391 g/mol. The summed E-state index contributed by atoms with van der Waals surface area (Å²) in [6.07, 6.45) is 1.67. The summed E-state index contributed by atoms with van der Waals surface area (Å²) in [4.78, 5) is 0.277. The fourth-order valence-electron chi connectivity index (χ4n) is 3.19. The Balaban J connectivity index is 1.69. The third-order valence-electron chi connectivity index (χ3n) is 4.77. The highest BCUT2D eigenvalue weighted by atomic mass is 32.2. The van der Waals surface area contributed by atoms with E-state index in [2.05, 4.69) is 0 Å². The van der Waals surface area contributed by atoms with Crippen LogP contribution in [-0.4, -0.2) is 12.4 Å². The van der Waals surface area contributed by atoms with Crippen molar-refractivity contribution in [3.63, 3.8) is 0 Å². The summed E-state index contributed by atoms with van der Waals surface area (Å²) in [5, 5.41) is 0.862. The fourth-order valence-corrected chi connectivity index (χ4v) is 4.61. The molecule has 0 amide bonds. The summed E-state index contributed by atoms with van der Waals surface area (Å²) in [7, 11) is -3.65. The fraction of sp³-hybridized carbons (Fsp3) is 0.130. The zero-order chi connectivity index (χ0) is 19.7. The molecule has 3 aromatic carbocycles. The van der Waals surface area contributed by atoms with E-state index in [0.717, 1.165) is 22.1 Å². The maximum Gasteiger partial charge on any atom is 0.268 e. The van der Waals surface area contributed by atoms with Gasteiger partial charge in [0.05, 0.1) is 10.4 Å². The number of ether oxygens (including phenoxy) is 1. The number of hydrogen-bond acceptors (Lipinski definition) is 3. The summed E-state index contributed by atoms with van der Waals surface area (Å²) in [5.74, 6) is 0.713. The van der Waals surface area contributed by atoms with Crippen LogP contribution in [0.2, 0.25) is 0 Å². The van der Waals surface area contributed by atoms with E-state index in [4.69, 9.17) is 4.74 Å². The maximum atomic E-state index is 13.1. The summed E-state index contributed by atoms with van der Waals surface area (Å²) in [6, 6.07) is 22.3. The largest absolute Gasteiger partial charge is 0.489 e. The number of aromatic nitrogens is 1. The van der Waals surface area contributed by atoms with Crippen molar-refractivity contribution in [2.45, 2.75) is 25.3 Å². The molecule has 0 saturated heterocycles. The molecule has 142 valence electrons. The SMILES string of the molecule is Cc1ccc(S(=O)(=O)n2cc(C)c3cc(OCc4ccccc4)ccc32)cc1. The maximum absolute atomic E-state index is 13.1. The Morgan fingerprint density at radius 2 is 1.61 bits per heavy atom. The van der Waals surface area contributed by atoms with E-state index in [-0.39, 0.29) is 4.90 Å². The van der Waals surface area contributed by atoms with Gasteiger partial charge in [-0.3, -0.25) is 0 Å². The molecule has 0 radical (unpaired) electrons. The molecule has 0 unspecified atom stereocenters. The van der Waals surface area contributed by atoms with Crippen LogP contribution >= 0.6 is 0 Å². The second-order valence-corrected chi connectivity index (χ2v) is 8.69. The van der Waals surface area contributed by atoms with E-state index in [9.17, 15) is 8.42 Å². The van der Waals surface area contributed by atoms with Crippen molar-refractivity contribution in [1.29, 1.82) is 0 Å². The second kappa shape index (κ2) is 7.17. The molecule has 4 aromatic rings. The predicted octanol–water partition coefficient (Wildman–Crippen LogP) is 5.07. The minimum absolute atomic E-state index is 0.277. The lowest BCUT2D eigenvalue weighted by molar-refractivity contribution is 0.306. The quantitative estimate of drug-likeness (QED) is 0.477. The van der Waals surface area contributed by atoms with Crippen molar-refractivity contribution in [3.05, 3.63) is 95.7 Å². The van der Waals surface area contributed by atoms with Crippen LogP contribution in [0.5, 0.6) is 5.75 Å². The average molecular weight is 391 g/mol. The number of rotatable bonds is 5. The summed E-state index contributed by atoms with van der Waals surface area (Å²) < 4.78 is 33.4. The molecule has 0 spiro atoms. The van der Waals surface area contributed by atoms with E-state index in [0.29, 0.717) is 17.9 Å². The van der Waals surface area contributed by atoms with Gasteiger partial charge in [-0.05, 0) is 55.3 Å². The highest BCUT2D eigenvalue weighted by Crippen LogP contribution is 2.29. The van der Waals surface area contributed by atoms with Crippen LogP contribution in [0.1, 0.15) is 16.7 Å². The molecule has 28 heavy (non-hydrogen) atoms. The molecule has 0 N–H and O–H groups in total. The normalized spacial score (nSPS) is 11.6. The van der Waals surface area contributed by atoms with Crippen molar-refractivity contribution < 1.29 is 13.2 Å². The van der Waals surface area contributed by atoms with Gasteiger partial charge in [-0.25, -0.2) is 12.4 Å². The van der Waals surface area contributed by atoms with Crippen LogP contribution in [0.15, 0.2) is 83.9 Å². The van der Waals surface area contributed by atoms with Gasteiger partial charge in [0.15, 0.2) is 0 Å². The Bertz CT molecular complexity index is 1220. The van der Waals surface area contributed by atoms with Crippen molar-refractivity contribution in [3.8, 4) is 5.75 Å². The van der Waals surface area contributed by atoms with Gasteiger partial charge in [0.2, 0.25) is 0 Å². The second-order valence-electron chi connectivity index (χ2n) is 6.88. The van der Waals surface area contributed by atoms with E-state index >= 15 is 0 Å². The zero-order valence-electron chi connectivity index (χ0n) is 15.8. The van der Waals surface area contributed by atoms with Gasteiger partial charge in [0.1, 0.15) is 12.4 Å². The van der Waals surface area contributed by atoms with Crippen LogP contribution in [-0.2, 0) is 16.6 Å². The summed E-state index contributed by atoms with van der Waals surface area (Å²) in [6.45, 7) is 4.31. The lowest BCUT2D eigenvalue weighted by Crippen LogP contribution is -2.11. The van der Waals surface area contributed by atoms with E-state index in [1.54, 1.807) is 36.5 Å². The molecule has 4 nitrogen and oxygen atoms in total. The molecule has 0 bridgehead atoms. The van der Waals surface area contributed by atoms with E-state index < -0.39 is 10.0 Å². The van der Waals surface area contributed by atoms with Crippen LogP contribution in [0.3, 0.4) is 0 Å². The van der Waals surface area contributed by atoms with Crippen molar-refractivity contribution in [2.24, 2.45) is 0 Å². The van der Waals surface area contributed by atoms with Crippen molar-refractivity contribution in [2.75, 3.05) is 0 Å². The Hall–Kier alpha value is -3.05. The Labute approximate surface area is 165 Å². The van der Waals surface area contributed by atoms with Gasteiger partial charge >= 0.3 is 0 Å². The first-order valence-electron chi connectivity index (χ1n) is 9.06. The average Bonchev–Trinajstić information content (AvgIpc) is 3.04. The molecular weight excluding hydrogens is 370 g/mol. The third kappa shape index (κ3) is 3.41. The van der Waals surface area contributed by atoms with Gasteiger partial charge in [0, 0.05) is 11.6 Å². The predicted molar refractivity (Wildman–Crippen MR) is 111 cm³/mol. The topological polar surface area (TPSA) is 48.3 Å². The number of benzene rings is 3. The molecule has 1 aromatic heterocycles. The molecule has 1 heterocycles. The van der Waals surface area contributed by atoms with Gasteiger partial charge in [-0.2, -0.15) is 0 Å². The van der Waals surface area contributed by atoms with Crippen LogP contribution in [0, 0.1) is 13.8 Å². The number of aryl methyl sites for hydroxylation is 2. The minimum atomic E-state index is -3.65. The van der Waals surface area contributed by atoms with Crippen molar-refractivity contribution in [1.82, 2.24) is 3.97 Å². The van der Waals surface area contributed by atoms with Gasteiger partial charge < -0.3 is 4.74 Å². The lowest BCUT2D eigenvalue weighted by Gasteiger charge is -2.09. The highest BCUT2D eigenvalue weighted by molar-refractivity contribution is 7.90. The molecule has 5 heteroatoms. The molecule has 0 fully saturated rings. The molecule has 4 rings (SSSR count). The molecule has 0 aliphatic carbocycles. The molecule has 0 aliphatic heterocycles. The van der Waals surface area contributed by atoms with Gasteiger partial charge in [0.25, 0.3) is 10.0 Å². The van der Waals surface area contributed by atoms with E-state index in [1.807, 2.05) is 56.3 Å². The molecule has 0 saturated carbocycles. The number of fused-ring (bicyclic) bond motifs is 1. The highest BCUT2D eigenvalue weighted by Gasteiger charge is 2.20.